The van der Waals surface area contributed by atoms with Gasteiger partial charge in [-0.2, -0.15) is 0 Å². The van der Waals surface area contributed by atoms with E-state index < -0.39 is 41.3 Å². The number of carbonyl (C=O) groups excluding carboxylic acids is 5. The topological polar surface area (TPSA) is 172 Å². The Morgan fingerprint density at radius 1 is 1.10 bits per heavy atom. The van der Waals surface area contributed by atoms with Gasteiger partial charge < -0.3 is 34.1 Å². The maximum absolute atomic E-state index is 14.7. The van der Waals surface area contributed by atoms with Crippen LogP contribution < -0.4 is 10.7 Å². The van der Waals surface area contributed by atoms with Crippen molar-refractivity contribution in [3.8, 4) is 22.5 Å². The maximum Gasteiger partial charge on any atom is 0.324 e. The molecule has 0 radical (unpaired) electrons. The second-order valence-corrected chi connectivity index (χ2v) is 21.0. The van der Waals surface area contributed by atoms with Crippen LogP contribution in [0.3, 0.4) is 0 Å². The summed E-state index contributed by atoms with van der Waals surface area (Å²) in [4.78, 5) is 84.1. The number of aryl methyl sites for hydroxylation is 1. The number of nitrogens with one attached hydrogen (secondary N) is 2. The number of pyridine rings is 1. The third-order valence-electron chi connectivity index (χ3n) is 14.1. The first-order valence-electron chi connectivity index (χ1n) is 24.5. The van der Waals surface area contributed by atoms with Crippen molar-refractivity contribution in [1.82, 2.24) is 45.0 Å². The molecule has 3 aliphatic heterocycles. The second-order valence-electron chi connectivity index (χ2n) is 20.0. The van der Waals surface area contributed by atoms with E-state index in [0.717, 1.165) is 63.9 Å². The van der Waals surface area contributed by atoms with Crippen molar-refractivity contribution in [1.29, 1.82) is 0 Å². The van der Waals surface area contributed by atoms with Crippen LogP contribution >= 0.6 is 11.3 Å². The minimum Gasteiger partial charge on any atom is -0.464 e. The lowest BCUT2D eigenvalue weighted by atomic mass is 9.84. The fourth-order valence-electron chi connectivity index (χ4n) is 10.1. The van der Waals surface area contributed by atoms with E-state index in [4.69, 9.17) is 19.4 Å². The second kappa shape index (κ2) is 22.0. The Kier molecular flexibility index (Phi) is 16.3. The van der Waals surface area contributed by atoms with E-state index in [2.05, 4.69) is 66.9 Å². The Labute approximate surface area is 410 Å². The highest BCUT2D eigenvalue weighted by atomic mass is 32.1. The molecule has 2 fully saturated rings. The summed E-state index contributed by atoms with van der Waals surface area (Å²) in [5.41, 5.74) is 9.31. The first-order valence-corrected chi connectivity index (χ1v) is 25.3. The van der Waals surface area contributed by atoms with E-state index in [1.54, 1.807) is 37.2 Å². The van der Waals surface area contributed by atoms with Gasteiger partial charge in [-0.15, -0.1) is 11.3 Å². The zero-order valence-corrected chi connectivity index (χ0v) is 42.7. The number of piperidine rings is 1. The first-order chi connectivity index (χ1) is 32.9. The number of carbonyl (C=O) groups is 5. The summed E-state index contributed by atoms with van der Waals surface area (Å²) in [5, 5.41) is 8.18. The van der Waals surface area contributed by atoms with Gasteiger partial charge in [0, 0.05) is 99.4 Å². The molecule has 6 heterocycles. The van der Waals surface area contributed by atoms with Crippen molar-refractivity contribution in [2.45, 2.75) is 117 Å². The molecule has 4 aromatic rings. The molecule has 4 atom stereocenters. The largest absolute Gasteiger partial charge is 0.464 e. The quantitative estimate of drug-likeness (QED) is 0.111. The molecule has 3 aromatic heterocycles. The summed E-state index contributed by atoms with van der Waals surface area (Å²) in [5.74, 6) is -1.35. The van der Waals surface area contributed by atoms with Crippen molar-refractivity contribution in [3.63, 3.8) is 0 Å². The molecular weight excluding hydrogens is 895 g/mol. The molecule has 5 amide bonds. The van der Waals surface area contributed by atoms with Crippen molar-refractivity contribution >= 4 is 52.0 Å². The molecule has 372 valence electrons. The monoisotopic (exact) mass is 966 g/mol. The lowest BCUT2D eigenvalue weighted by Crippen LogP contribution is -2.62. The van der Waals surface area contributed by atoms with E-state index in [0.29, 0.717) is 62.9 Å². The Morgan fingerprint density at radius 3 is 2.55 bits per heavy atom. The van der Waals surface area contributed by atoms with Gasteiger partial charge in [0.25, 0.3) is 5.91 Å². The minimum atomic E-state index is -1.07. The number of nitrogens with zero attached hydrogens (tertiary/aromatic N) is 7. The number of cyclic esters (lactones) is 1. The van der Waals surface area contributed by atoms with Gasteiger partial charge in [0.05, 0.1) is 34.8 Å². The van der Waals surface area contributed by atoms with Gasteiger partial charge in [0.15, 0.2) is 0 Å². The SMILES string of the molecule is C=CC(=O)N(C)CCC1CCN(C(=O)N(C)[C@H](C(=O)N[C@H]2Cc3nc(cs3)-c3ccc4c(c3)c(c(-c3cccnc3[C@H](C)OC)n4CC)CC(C)(C)COC(=O)[C@@H]3CCCN(N3)C2=O)C(C)C)CC1. The number of amides is 5. The minimum absolute atomic E-state index is 0.0889. The predicted molar refractivity (Wildman–Crippen MR) is 268 cm³/mol. The van der Waals surface area contributed by atoms with E-state index in [9.17, 15) is 24.0 Å². The normalized spacial score (nSPS) is 20.0. The first kappa shape index (κ1) is 51.2. The molecule has 0 unspecified atom stereocenters. The van der Waals surface area contributed by atoms with Crippen LogP contribution in [0.15, 0.2) is 54.6 Å². The molecule has 3 aliphatic rings. The standard InChI is InChI=1S/C52H71N9O7S/c1-11-44(62)57(8)24-19-34-20-25-59(26-21-34)51(66)58(9)46(32(3)4)48(63)55-40-28-43-54-41(30-69-43)35-17-18-42-37(27-35)38(47(60(42)12-2)36-15-13-22-53-45(36)33(5)67-10)29-52(6,7)31-68-50(65)39-16-14-23-61(56-39)49(40)64/h11,13,15,17-18,22,27,30,32-34,39-40,46,56H,1,12,14,16,19-21,23-26,28-29,31H2,2-10H3,(H,55,63)/t33-,39-,40-,46-/m0/s1. The van der Waals surface area contributed by atoms with Crippen LogP contribution in [0.1, 0.15) is 96.0 Å². The third-order valence-corrected chi connectivity index (χ3v) is 15.0. The van der Waals surface area contributed by atoms with Crippen LogP contribution in [0.5, 0.6) is 0 Å². The molecule has 0 spiro atoms. The van der Waals surface area contributed by atoms with Crippen molar-refractivity contribution in [3.05, 3.63) is 70.8 Å². The Bertz CT molecular complexity index is 2530. The fraction of sp³-hybridized carbons (Fsp3) is 0.558. The lowest BCUT2D eigenvalue weighted by molar-refractivity contribution is -0.155. The molecule has 6 bridgehead atoms. The van der Waals surface area contributed by atoms with Gasteiger partial charge >= 0.3 is 12.0 Å². The molecule has 1 aromatic carbocycles. The van der Waals surface area contributed by atoms with Gasteiger partial charge in [0.2, 0.25) is 11.8 Å². The van der Waals surface area contributed by atoms with Gasteiger partial charge in [-0.3, -0.25) is 29.2 Å². The Morgan fingerprint density at radius 2 is 1.86 bits per heavy atom. The molecule has 69 heavy (non-hydrogen) atoms. The molecular formula is C52H71N9O7S. The maximum atomic E-state index is 14.7. The van der Waals surface area contributed by atoms with Gasteiger partial charge in [0.1, 0.15) is 18.1 Å². The van der Waals surface area contributed by atoms with E-state index in [1.165, 1.54) is 27.3 Å². The Hall–Kier alpha value is -5.65. The number of methoxy groups -OCH3 is 1. The van der Waals surface area contributed by atoms with Gasteiger partial charge in [-0.1, -0.05) is 40.3 Å². The van der Waals surface area contributed by atoms with E-state index in [1.807, 2.05) is 32.2 Å². The van der Waals surface area contributed by atoms with Gasteiger partial charge in [-0.05, 0) is 100 Å². The highest BCUT2D eigenvalue weighted by molar-refractivity contribution is 7.10. The molecule has 2 saturated heterocycles. The molecule has 0 saturated carbocycles. The summed E-state index contributed by atoms with van der Waals surface area (Å²) in [6.07, 6.45) is 6.95. The van der Waals surface area contributed by atoms with Crippen LogP contribution in [0.4, 0.5) is 4.79 Å². The van der Waals surface area contributed by atoms with Crippen molar-refractivity contribution in [2.75, 3.05) is 54.0 Å². The zero-order valence-electron chi connectivity index (χ0n) is 41.9. The predicted octanol–water partition coefficient (Wildman–Crippen LogP) is 7.03. The number of aromatic nitrogens is 3. The summed E-state index contributed by atoms with van der Waals surface area (Å²) in [6, 6.07) is 7.45. The number of hydrazine groups is 1. The zero-order chi connectivity index (χ0) is 49.7. The van der Waals surface area contributed by atoms with Crippen LogP contribution in [0, 0.1) is 17.3 Å². The number of rotatable bonds is 12. The number of fused-ring (bicyclic) bond motifs is 6. The number of likely N-dealkylation sites (tertiary alicyclic amines) is 1. The highest BCUT2D eigenvalue weighted by Crippen LogP contribution is 2.42. The highest BCUT2D eigenvalue weighted by Gasteiger charge is 2.39. The molecule has 16 nitrogen and oxygen atoms in total. The smallest absolute Gasteiger partial charge is 0.324 e. The Balaban J connectivity index is 1.20. The summed E-state index contributed by atoms with van der Waals surface area (Å²) in [7, 11) is 5.10. The number of benzene rings is 1. The fourth-order valence-corrected chi connectivity index (χ4v) is 11.0. The van der Waals surface area contributed by atoms with E-state index >= 15 is 0 Å². The molecule has 17 heteroatoms. The van der Waals surface area contributed by atoms with Gasteiger partial charge in [-0.25, -0.2) is 15.2 Å². The lowest BCUT2D eigenvalue weighted by Gasteiger charge is -2.39. The average Bonchev–Trinajstić information content (AvgIpc) is 3.94. The number of hydrogen-bond acceptors (Lipinski definition) is 11. The number of likely N-dealkylation sites (N-methyl/N-ethyl adjacent to an activating group) is 2. The number of urea groups is 1. The third kappa shape index (κ3) is 11.4. The van der Waals surface area contributed by atoms with Crippen molar-refractivity contribution < 1.29 is 33.4 Å². The number of hydrogen-bond donors (Lipinski definition) is 2. The van der Waals surface area contributed by atoms with Crippen LogP contribution in [-0.4, -0.2) is 136 Å². The molecule has 0 aliphatic carbocycles. The van der Waals surface area contributed by atoms with Crippen LogP contribution in [-0.2, 0) is 48.0 Å². The number of esters is 1. The van der Waals surface area contributed by atoms with E-state index in [-0.39, 0.29) is 37.0 Å². The molecule has 7 rings (SSSR count). The summed E-state index contributed by atoms with van der Waals surface area (Å²) in [6.45, 7) is 18.5. The summed E-state index contributed by atoms with van der Waals surface area (Å²) >= 11 is 1.42. The summed E-state index contributed by atoms with van der Waals surface area (Å²) < 4.78 is 14.3. The van der Waals surface area contributed by atoms with Crippen LogP contribution in [0.25, 0.3) is 33.4 Å². The van der Waals surface area contributed by atoms with Crippen molar-refractivity contribution in [2.24, 2.45) is 17.3 Å². The van der Waals surface area contributed by atoms with Crippen LogP contribution in [0.2, 0.25) is 0 Å². The molecule has 2 N–H and O–H groups in total. The average molecular weight is 966 g/mol. The number of thiazole rings is 1. The number of ether oxygens (including phenoxy) is 2.